The molecule has 166 valence electrons. The normalized spacial score (nSPS) is 14.3. The highest BCUT2D eigenvalue weighted by molar-refractivity contribution is 6.04. The third-order valence-electron chi connectivity index (χ3n) is 5.69. The van der Waals surface area contributed by atoms with Crippen molar-refractivity contribution in [2.45, 2.75) is 25.7 Å². The number of carbonyl (C=O) groups is 2. The fourth-order valence-corrected chi connectivity index (χ4v) is 3.83. The Labute approximate surface area is 186 Å². The van der Waals surface area contributed by atoms with Crippen molar-refractivity contribution in [1.82, 2.24) is 24.6 Å². The number of piperidine rings is 1. The zero-order chi connectivity index (χ0) is 22.7. The van der Waals surface area contributed by atoms with Crippen LogP contribution in [-0.2, 0) is 7.05 Å². The predicted molar refractivity (Wildman–Crippen MR) is 119 cm³/mol. The number of carbonyl (C=O) groups excluding carboxylic acids is 2. The molecule has 1 fully saturated rings. The minimum Gasteiger partial charge on any atom is -0.497 e. The minimum atomic E-state index is -0.254. The van der Waals surface area contributed by atoms with Gasteiger partial charge in [-0.1, -0.05) is 0 Å². The number of amides is 2. The Kier molecular flexibility index (Phi) is 6.16. The van der Waals surface area contributed by atoms with Gasteiger partial charge in [-0.15, -0.1) is 0 Å². The summed E-state index contributed by atoms with van der Waals surface area (Å²) < 4.78 is 6.76. The third kappa shape index (κ3) is 4.61. The van der Waals surface area contributed by atoms with Gasteiger partial charge in [-0.2, -0.15) is 5.10 Å². The van der Waals surface area contributed by atoms with E-state index in [-0.39, 0.29) is 17.7 Å². The van der Waals surface area contributed by atoms with E-state index in [0.717, 1.165) is 24.4 Å². The van der Waals surface area contributed by atoms with Gasteiger partial charge in [-0.3, -0.25) is 14.3 Å². The SMILES string of the molecule is COc1ccc(NC(=O)c2cnc(C3CCN(C(=O)c4cnn(C)c4)CC3)nc2C)cc1. The summed E-state index contributed by atoms with van der Waals surface area (Å²) in [6, 6.07) is 7.13. The second-order valence-corrected chi connectivity index (χ2v) is 7.88. The van der Waals surface area contributed by atoms with Crippen LogP contribution in [0.15, 0.2) is 42.9 Å². The molecule has 1 aliphatic heterocycles. The number of aromatic nitrogens is 4. The van der Waals surface area contributed by atoms with Gasteiger partial charge in [0.2, 0.25) is 0 Å². The van der Waals surface area contributed by atoms with E-state index in [9.17, 15) is 9.59 Å². The van der Waals surface area contributed by atoms with Gasteiger partial charge in [-0.25, -0.2) is 9.97 Å². The average molecular weight is 435 g/mol. The maximum Gasteiger partial charge on any atom is 0.259 e. The Morgan fingerprint density at radius 1 is 1.12 bits per heavy atom. The van der Waals surface area contributed by atoms with Gasteiger partial charge in [-0.05, 0) is 44.0 Å². The van der Waals surface area contributed by atoms with E-state index in [2.05, 4.69) is 20.4 Å². The van der Waals surface area contributed by atoms with Crippen molar-refractivity contribution in [2.75, 3.05) is 25.5 Å². The van der Waals surface area contributed by atoms with Crippen LogP contribution in [0.3, 0.4) is 0 Å². The van der Waals surface area contributed by atoms with E-state index >= 15 is 0 Å². The highest BCUT2D eigenvalue weighted by atomic mass is 16.5. The van der Waals surface area contributed by atoms with E-state index in [0.29, 0.717) is 35.6 Å². The number of nitrogens with zero attached hydrogens (tertiary/aromatic N) is 5. The average Bonchev–Trinajstić information content (AvgIpc) is 3.25. The summed E-state index contributed by atoms with van der Waals surface area (Å²) in [4.78, 5) is 36.2. The largest absolute Gasteiger partial charge is 0.497 e. The van der Waals surface area contributed by atoms with Crippen LogP contribution < -0.4 is 10.1 Å². The zero-order valence-corrected chi connectivity index (χ0v) is 18.4. The van der Waals surface area contributed by atoms with Crippen LogP contribution in [-0.4, -0.2) is 56.7 Å². The smallest absolute Gasteiger partial charge is 0.259 e. The molecular formula is C23H26N6O3. The minimum absolute atomic E-state index is 0.000741. The van der Waals surface area contributed by atoms with E-state index in [4.69, 9.17) is 4.74 Å². The van der Waals surface area contributed by atoms with Crippen molar-refractivity contribution < 1.29 is 14.3 Å². The predicted octanol–water partition coefficient (Wildman–Crippen LogP) is 2.80. The molecule has 2 amide bonds. The van der Waals surface area contributed by atoms with E-state index in [1.54, 1.807) is 61.7 Å². The summed E-state index contributed by atoms with van der Waals surface area (Å²) in [7, 11) is 3.39. The Bertz CT molecular complexity index is 1120. The lowest BCUT2D eigenvalue weighted by molar-refractivity contribution is 0.0710. The molecule has 0 spiro atoms. The molecule has 1 aromatic carbocycles. The maximum atomic E-state index is 12.7. The second kappa shape index (κ2) is 9.17. The number of anilines is 1. The fraction of sp³-hybridized carbons (Fsp3) is 0.348. The van der Waals surface area contributed by atoms with Crippen LogP contribution in [0.1, 0.15) is 51.0 Å². The number of hydrogen-bond acceptors (Lipinski definition) is 6. The molecule has 1 aliphatic rings. The van der Waals surface area contributed by atoms with Gasteiger partial charge in [0.15, 0.2) is 0 Å². The van der Waals surface area contributed by atoms with Crippen LogP contribution in [0.4, 0.5) is 5.69 Å². The van der Waals surface area contributed by atoms with Gasteiger partial charge in [0.25, 0.3) is 11.8 Å². The Morgan fingerprint density at radius 3 is 2.44 bits per heavy atom. The monoisotopic (exact) mass is 434 g/mol. The number of methoxy groups -OCH3 is 1. The molecule has 0 radical (unpaired) electrons. The molecule has 1 saturated heterocycles. The third-order valence-corrected chi connectivity index (χ3v) is 5.69. The number of nitrogens with one attached hydrogen (secondary N) is 1. The van der Waals surface area contributed by atoms with E-state index in [1.165, 1.54) is 0 Å². The van der Waals surface area contributed by atoms with Crippen molar-refractivity contribution in [3.8, 4) is 5.75 Å². The number of ether oxygens (including phenoxy) is 1. The quantitative estimate of drug-likeness (QED) is 0.663. The van der Waals surface area contributed by atoms with E-state index < -0.39 is 0 Å². The number of aryl methyl sites for hydroxylation is 2. The summed E-state index contributed by atoms with van der Waals surface area (Å²) in [6.45, 7) is 3.09. The molecule has 0 saturated carbocycles. The number of hydrogen-bond donors (Lipinski definition) is 1. The van der Waals surface area contributed by atoms with Gasteiger partial charge in [0.1, 0.15) is 11.6 Å². The first-order valence-corrected chi connectivity index (χ1v) is 10.5. The molecule has 0 atom stereocenters. The first kappa shape index (κ1) is 21.5. The Balaban J connectivity index is 1.37. The molecule has 2 aromatic heterocycles. The van der Waals surface area contributed by atoms with Crippen LogP contribution in [0.5, 0.6) is 5.75 Å². The van der Waals surface area contributed by atoms with Gasteiger partial charge >= 0.3 is 0 Å². The first-order valence-electron chi connectivity index (χ1n) is 10.5. The molecule has 1 N–H and O–H groups in total. The summed E-state index contributed by atoms with van der Waals surface area (Å²) in [5.41, 5.74) is 2.35. The highest BCUT2D eigenvalue weighted by Gasteiger charge is 2.27. The Morgan fingerprint density at radius 2 is 1.84 bits per heavy atom. The molecule has 0 unspecified atom stereocenters. The lowest BCUT2D eigenvalue weighted by Gasteiger charge is -2.31. The summed E-state index contributed by atoms with van der Waals surface area (Å²) >= 11 is 0. The molecule has 9 heteroatoms. The number of benzene rings is 1. The molecule has 3 heterocycles. The molecule has 0 aliphatic carbocycles. The Hall–Kier alpha value is -3.75. The first-order chi connectivity index (χ1) is 15.4. The number of likely N-dealkylation sites (tertiary alicyclic amines) is 1. The lowest BCUT2D eigenvalue weighted by Crippen LogP contribution is -2.38. The van der Waals surface area contributed by atoms with Crippen molar-refractivity contribution in [1.29, 1.82) is 0 Å². The topological polar surface area (TPSA) is 102 Å². The maximum absolute atomic E-state index is 12.7. The standard InChI is InChI=1S/C23H26N6O3/c1-15-20(22(30)27-18-4-6-19(32-3)7-5-18)13-24-21(26-15)16-8-10-29(11-9-16)23(31)17-12-25-28(2)14-17/h4-7,12-14,16H,8-11H2,1-3H3,(H,27,30). The zero-order valence-electron chi connectivity index (χ0n) is 18.4. The lowest BCUT2D eigenvalue weighted by atomic mass is 9.95. The van der Waals surface area contributed by atoms with Crippen molar-refractivity contribution >= 4 is 17.5 Å². The van der Waals surface area contributed by atoms with Gasteiger partial charge in [0, 0.05) is 44.1 Å². The van der Waals surface area contributed by atoms with Crippen molar-refractivity contribution in [3.05, 3.63) is 65.5 Å². The molecule has 4 rings (SSSR count). The summed E-state index contributed by atoms with van der Waals surface area (Å²) in [5, 5.41) is 6.93. The molecular weight excluding hydrogens is 408 g/mol. The summed E-state index contributed by atoms with van der Waals surface area (Å²) in [6.07, 6.45) is 6.47. The number of rotatable bonds is 5. The van der Waals surface area contributed by atoms with E-state index in [1.807, 2.05) is 11.8 Å². The molecule has 3 aromatic rings. The van der Waals surface area contributed by atoms with Crippen LogP contribution in [0.2, 0.25) is 0 Å². The van der Waals surface area contributed by atoms with Crippen molar-refractivity contribution in [3.63, 3.8) is 0 Å². The van der Waals surface area contributed by atoms with Crippen LogP contribution in [0.25, 0.3) is 0 Å². The van der Waals surface area contributed by atoms with Crippen LogP contribution in [0, 0.1) is 6.92 Å². The molecule has 0 bridgehead atoms. The van der Waals surface area contributed by atoms with Gasteiger partial charge < -0.3 is 15.0 Å². The molecule has 32 heavy (non-hydrogen) atoms. The second-order valence-electron chi connectivity index (χ2n) is 7.88. The van der Waals surface area contributed by atoms with Gasteiger partial charge in [0.05, 0.1) is 30.1 Å². The fourth-order valence-electron chi connectivity index (χ4n) is 3.83. The van der Waals surface area contributed by atoms with Crippen molar-refractivity contribution in [2.24, 2.45) is 7.05 Å². The highest BCUT2D eigenvalue weighted by Crippen LogP contribution is 2.27. The van der Waals surface area contributed by atoms with Crippen LogP contribution >= 0.6 is 0 Å². The summed E-state index contributed by atoms with van der Waals surface area (Å²) in [5.74, 6) is 1.35. The molecule has 9 nitrogen and oxygen atoms in total.